The number of carbonyl (C=O) groups is 1. The maximum absolute atomic E-state index is 13.6. The summed E-state index contributed by atoms with van der Waals surface area (Å²) in [7, 11) is -2.33. The Morgan fingerprint density at radius 1 is 1.24 bits per heavy atom. The third-order valence-electron chi connectivity index (χ3n) is 4.86. The molecule has 0 aliphatic carbocycles. The fraction of sp³-hybridized carbons (Fsp3) is 0.130. The van der Waals surface area contributed by atoms with Gasteiger partial charge in [-0.15, -0.1) is 6.42 Å². The van der Waals surface area contributed by atoms with Crippen LogP contribution in [-0.4, -0.2) is 30.2 Å². The van der Waals surface area contributed by atoms with Gasteiger partial charge in [0.05, 0.1) is 34.5 Å². The number of furan rings is 1. The summed E-state index contributed by atoms with van der Waals surface area (Å²) < 4.78 is 47.8. The minimum atomic E-state index is -3.78. The lowest BCUT2D eigenvalue weighted by molar-refractivity contribution is 0.0998. The largest absolute Gasteiger partial charge is 0.468 e. The summed E-state index contributed by atoms with van der Waals surface area (Å²) in [5.41, 5.74) is 0.880. The molecular formula is C23H18FN3O4S2. The molecule has 0 aliphatic rings. The van der Waals surface area contributed by atoms with Crippen molar-refractivity contribution in [1.82, 2.24) is 8.87 Å². The summed E-state index contributed by atoms with van der Waals surface area (Å²) in [6.07, 6.45) is 6.91. The molecule has 7 nitrogen and oxygen atoms in total. The van der Waals surface area contributed by atoms with E-state index >= 15 is 0 Å². The number of carbonyl (C=O) groups excluding carboxylic acids is 1. The van der Waals surface area contributed by atoms with Gasteiger partial charge in [0.1, 0.15) is 11.6 Å². The molecule has 33 heavy (non-hydrogen) atoms. The van der Waals surface area contributed by atoms with Gasteiger partial charge in [-0.3, -0.25) is 4.79 Å². The van der Waals surface area contributed by atoms with E-state index in [1.807, 2.05) is 0 Å². The van der Waals surface area contributed by atoms with Crippen molar-refractivity contribution >= 4 is 37.5 Å². The number of amides is 1. The van der Waals surface area contributed by atoms with Crippen LogP contribution in [0.25, 0.3) is 10.2 Å². The third kappa shape index (κ3) is 4.66. The van der Waals surface area contributed by atoms with Crippen LogP contribution in [0.4, 0.5) is 4.39 Å². The summed E-state index contributed by atoms with van der Waals surface area (Å²) in [5, 5.41) is 0. The molecule has 1 amide bonds. The molecule has 0 atom stereocenters. The summed E-state index contributed by atoms with van der Waals surface area (Å²) >= 11 is 1.14. The van der Waals surface area contributed by atoms with Gasteiger partial charge in [0, 0.05) is 12.6 Å². The van der Waals surface area contributed by atoms with E-state index in [9.17, 15) is 17.6 Å². The fourth-order valence-electron chi connectivity index (χ4n) is 3.18. The van der Waals surface area contributed by atoms with Gasteiger partial charge in [0.2, 0.25) is 10.0 Å². The van der Waals surface area contributed by atoms with Crippen molar-refractivity contribution in [3.8, 4) is 12.3 Å². The Morgan fingerprint density at radius 3 is 2.67 bits per heavy atom. The van der Waals surface area contributed by atoms with E-state index in [0.717, 1.165) is 15.6 Å². The molecule has 0 unspecified atom stereocenters. The monoisotopic (exact) mass is 483 g/mol. The first-order chi connectivity index (χ1) is 15.8. The zero-order valence-electron chi connectivity index (χ0n) is 17.4. The Bertz CT molecular complexity index is 1530. The van der Waals surface area contributed by atoms with Crippen LogP contribution in [0.2, 0.25) is 0 Å². The molecule has 4 rings (SSSR count). The van der Waals surface area contributed by atoms with E-state index < -0.39 is 21.7 Å². The molecule has 0 spiro atoms. The van der Waals surface area contributed by atoms with Crippen LogP contribution < -0.4 is 4.80 Å². The van der Waals surface area contributed by atoms with Crippen LogP contribution >= 0.6 is 11.3 Å². The Hall–Kier alpha value is -3.52. The van der Waals surface area contributed by atoms with E-state index in [1.165, 1.54) is 49.7 Å². The molecule has 0 N–H and O–H groups in total. The normalized spacial score (nSPS) is 12.4. The molecular weight excluding hydrogens is 465 g/mol. The highest BCUT2D eigenvalue weighted by Crippen LogP contribution is 2.20. The molecule has 10 heteroatoms. The maximum Gasteiger partial charge on any atom is 0.279 e. The van der Waals surface area contributed by atoms with Crippen molar-refractivity contribution in [2.24, 2.45) is 4.99 Å². The Labute approximate surface area is 193 Å². The minimum Gasteiger partial charge on any atom is -0.468 e. The molecule has 168 valence electrons. The number of fused-ring (bicyclic) bond motifs is 1. The first-order valence-electron chi connectivity index (χ1n) is 9.70. The average Bonchev–Trinajstić information content (AvgIpc) is 3.42. The van der Waals surface area contributed by atoms with Crippen molar-refractivity contribution in [3.05, 3.63) is 82.8 Å². The number of nitrogens with zero attached hydrogens (tertiary/aromatic N) is 3. The lowest BCUT2D eigenvalue weighted by Crippen LogP contribution is -2.26. The number of hydrogen-bond donors (Lipinski definition) is 0. The van der Waals surface area contributed by atoms with Crippen LogP contribution in [-0.2, 0) is 23.1 Å². The highest BCUT2D eigenvalue weighted by atomic mass is 32.2. The van der Waals surface area contributed by atoms with Crippen molar-refractivity contribution in [2.75, 3.05) is 7.05 Å². The van der Waals surface area contributed by atoms with Crippen LogP contribution in [0, 0.1) is 18.2 Å². The highest BCUT2D eigenvalue weighted by Gasteiger charge is 2.22. The number of halogens is 1. The molecule has 4 aromatic rings. The zero-order valence-corrected chi connectivity index (χ0v) is 19.1. The second kappa shape index (κ2) is 9.15. The van der Waals surface area contributed by atoms with E-state index in [0.29, 0.717) is 20.8 Å². The molecule has 2 aromatic heterocycles. The number of sulfonamides is 1. The Balaban J connectivity index is 1.62. The first-order valence-corrected chi connectivity index (χ1v) is 12.0. The summed E-state index contributed by atoms with van der Waals surface area (Å²) in [6, 6.07) is 13.1. The van der Waals surface area contributed by atoms with Crippen molar-refractivity contribution in [3.63, 3.8) is 0 Å². The molecule has 2 heterocycles. The van der Waals surface area contributed by atoms with Crippen LogP contribution in [0.1, 0.15) is 16.1 Å². The number of benzene rings is 2. The van der Waals surface area contributed by atoms with Gasteiger partial charge >= 0.3 is 0 Å². The zero-order chi connectivity index (χ0) is 23.6. The third-order valence-corrected chi connectivity index (χ3v) is 7.72. The van der Waals surface area contributed by atoms with E-state index in [4.69, 9.17) is 10.8 Å². The van der Waals surface area contributed by atoms with Gasteiger partial charge in [0.15, 0.2) is 4.80 Å². The predicted molar refractivity (Wildman–Crippen MR) is 122 cm³/mol. The molecule has 0 saturated carbocycles. The van der Waals surface area contributed by atoms with Gasteiger partial charge in [0.25, 0.3) is 5.91 Å². The van der Waals surface area contributed by atoms with Gasteiger partial charge in [-0.25, -0.2) is 12.8 Å². The highest BCUT2D eigenvalue weighted by molar-refractivity contribution is 7.89. The maximum atomic E-state index is 13.6. The van der Waals surface area contributed by atoms with Crippen molar-refractivity contribution in [2.45, 2.75) is 18.0 Å². The number of thiazole rings is 1. The van der Waals surface area contributed by atoms with Crippen LogP contribution in [0.5, 0.6) is 0 Å². The first kappa shape index (κ1) is 22.7. The number of terminal acetylenes is 1. The second-order valence-corrected chi connectivity index (χ2v) is 10.1. The predicted octanol–water partition coefficient (Wildman–Crippen LogP) is 3.63. The fourth-order valence-corrected chi connectivity index (χ4v) is 5.37. The molecule has 0 aliphatic heterocycles. The van der Waals surface area contributed by atoms with Crippen molar-refractivity contribution in [1.29, 1.82) is 0 Å². The average molecular weight is 484 g/mol. The topological polar surface area (TPSA) is 84.9 Å². The lowest BCUT2D eigenvalue weighted by atomic mass is 10.2. The molecule has 0 bridgehead atoms. The molecule has 0 fully saturated rings. The number of rotatable bonds is 6. The summed E-state index contributed by atoms with van der Waals surface area (Å²) in [5.74, 6) is 2.05. The van der Waals surface area contributed by atoms with E-state index in [1.54, 1.807) is 22.8 Å². The summed E-state index contributed by atoms with van der Waals surface area (Å²) in [4.78, 5) is 17.3. The van der Waals surface area contributed by atoms with Crippen molar-refractivity contribution < 1.29 is 22.0 Å². The number of hydrogen-bond acceptors (Lipinski definition) is 5. The standard InChI is InChI=1S/C23H18FN3O4S2/c1-3-12-27-20-11-8-17(24)14-21(20)32-23(27)25-22(28)16-6-9-19(10-7-16)33(29,30)26(2)15-18-5-4-13-31-18/h1,4-11,13-14H,12,15H2,2H3. The van der Waals surface area contributed by atoms with Crippen LogP contribution in [0.15, 0.2) is 75.2 Å². The SMILES string of the molecule is C#CCn1c(=NC(=O)c2ccc(S(=O)(=O)N(C)Cc3ccco3)cc2)sc2cc(F)ccc21. The molecule has 2 aromatic carbocycles. The molecule has 0 saturated heterocycles. The van der Waals surface area contributed by atoms with Crippen LogP contribution in [0.3, 0.4) is 0 Å². The Morgan fingerprint density at radius 2 is 2.00 bits per heavy atom. The second-order valence-electron chi connectivity index (χ2n) is 7.07. The minimum absolute atomic E-state index is 0.0350. The smallest absolute Gasteiger partial charge is 0.279 e. The van der Waals surface area contributed by atoms with Gasteiger partial charge in [-0.1, -0.05) is 17.3 Å². The van der Waals surface area contributed by atoms with Gasteiger partial charge < -0.3 is 8.98 Å². The van der Waals surface area contributed by atoms with E-state index in [2.05, 4.69) is 10.9 Å². The van der Waals surface area contributed by atoms with E-state index in [-0.39, 0.29) is 23.5 Å². The summed E-state index contributed by atoms with van der Waals surface area (Å²) in [6.45, 7) is 0.240. The number of aromatic nitrogens is 1. The lowest BCUT2D eigenvalue weighted by Gasteiger charge is -2.16. The van der Waals surface area contributed by atoms with Gasteiger partial charge in [-0.05, 0) is 54.6 Å². The Kier molecular flexibility index (Phi) is 6.29. The quantitative estimate of drug-likeness (QED) is 0.392. The molecule has 0 radical (unpaired) electrons. The van der Waals surface area contributed by atoms with Gasteiger partial charge in [-0.2, -0.15) is 9.30 Å².